The van der Waals surface area contributed by atoms with Crippen molar-refractivity contribution in [2.75, 3.05) is 7.11 Å². The Kier molecular flexibility index (Phi) is 4.44. The molecule has 3 aromatic rings. The maximum Gasteiger partial charge on any atom is 0.416 e. The highest BCUT2D eigenvalue weighted by atomic mass is 32.2. The number of rotatable bonds is 2. The van der Waals surface area contributed by atoms with Crippen LogP contribution in [-0.4, -0.2) is 16.8 Å². The predicted molar refractivity (Wildman–Crippen MR) is 97.3 cm³/mol. The van der Waals surface area contributed by atoms with Crippen LogP contribution < -0.4 is 4.74 Å². The standard InChI is InChI=1S/C20H16F3NO2S/c1-26-14-7-4-12(5-8-14)19-18(25)15-3-2-10-24(15)16-11-13(20(21,22)23)6-9-17(16)27-19/h2-11,18-19,25H,1H3/t18-,19-/m1/s1. The number of alkyl halides is 3. The number of thioether (sulfide) groups is 1. The van der Waals surface area contributed by atoms with E-state index >= 15 is 0 Å². The fourth-order valence-electron chi connectivity index (χ4n) is 3.24. The summed E-state index contributed by atoms with van der Waals surface area (Å²) in [7, 11) is 1.58. The van der Waals surface area contributed by atoms with E-state index in [1.54, 1.807) is 42.1 Å². The second-order valence-electron chi connectivity index (χ2n) is 6.24. The van der Waals surface area contributed by atoms with Crippen LogP contribution in [-0.2, 0) is 6.18 Å². The van der Waals surface area contributed by atoms with Crippen molar-refractivity contribution in [3.63, 3.8) is 0 Å². The summed E-state index contributed by atoms with van der Waals surface area (Å²) in [5.74, 6) is 0.699. The van der Waals surface area contributed by atoms with Gasteiger partial charge in [0.2, 0.25) is 0 Å². The average Bonchev–Trinajstić information content (AvgIpc) is 3.10. The van der Waals surface area contributed by atoms with Crippen molar-refractivity contribution in [2.45, 2.75) is 22.4 Å². The number of aromatic nitrogens is 1. The van der Waals surface area contributed by atoms with Crippen LogP contribution in [0.3, 0.4) is 0 Å². The quantitative estimate of drug-likeness (QED) is 0.636. The molecular formula is C20H16F3NO2S. The van der Waals surface area contributed by atoms with E-state index in [9.17, 15) is 18.3 Å². The molecule has 0 radical (unpaired) electrons. The molecule has 1 N–H and O–H groups in total. The zero-order valence-electron chi connectivity index (χ0n) is 14.3. The van der Waals surface area contributed by atoms with Crippen molar-refractivity contribution in [2.24, 2.45) is 0 Å². The van der Waals surface area contributed by atoms with E-state index in [0.29, 0.717) is 22.0 Å². The number of benzene rings is 2. The number of aliphatic hydroxyl groups excluding tert-OH is 1. The molecule has 2 aromatic carbocycles. The molecule has 0 fully saturated rings. The van der Waals surface area contributed by atoms with Gasteiger partial charge in [-0.2, -0.15) is 13.2 Å². The third-order valence-corrected chi connectivity index (χ3v) is 6.00. The molecule has 2 atom stereocenters. The van der Waals surface area contributed by atoms with Gasteiger partial charge < -0.3 is 14.4 Å². The molecule has 27 heavy (non-hydrogen) atoms. The molecule has 0 saturated carbocycles. The van der Waals surface area contributed by atoms with Gasteiger partial charge in [0.1, 0.15) is 11.9 Å². The summed E-state index contributed by atoms with van der Waals surface area (Å²) in [6.45, 7) is 0. The number of hydrogen-bond donors (Lipinski definition) is 1. The Morgan fingerprint density at radius 2 is 1.81 bits per heavy atom. The normalized spacial score (nSPS) is 19.1. The third kappa shape index (κ3) is 3.21. The van der Waals surface area contributed by atoms with Crippen molar-refractivity contribution in [3.8, 4) is 11.4 Å². The van der Waals surface area contributed by atoms with Gasteiger partial charge in [-0.3, -0.25) is 0 Å². The van der Waals surface area contributed by atoms with E-state index in [4.69, 9.17) is 4.74 Å². The first kappa shape index (κ1) is 18.0. The molecule has 0 aliphatic carbocycles. The van der Waals surface area contributed by atoms with Gasteiger partial charge in [0, 0.05) is 11.1 Å². The first-order chi connectivity index (χ1) is 12.9. The second-order valence-corrected chi connectivity index (χ2v) is 7.42. The van der Waals surface area contributed by atoms with E-state index < -0.39 is 17.8 Å². The number of fused-ring (bicyclic) bond motifs is 3. The minimum Gasteiger partial charge on any atom is -0.497 e. The molecule has 0 spiro atoms. The topological polar surface area (TPSA) is 34.4 Å². The van der Waals surface area contributed by atoms with Crippen LogP contribution in [0.4, 0.5) is 13.2 Å². The average molecular weight is 391 g/mol. The Labute approximate surface area is 158 Å². The number of hydrogen-bond acceptors (Lipinski definition) is 3. The molecular weight excluding hydrogens is 375 g/mol. The Morgan fingerprint density at radius 3 is 2.48 bits per heavy atom. The zero-order chi connectivity index (χ0) is 19.2. The molecule has 4 rings (SSSR count). The third-order valence-electron chi connectivity index (χ3n) is 4.61. The molecule has 140 valence electrons. The van der Waals surface area contributed by atoms with Crippen LogP contribution in [0.1, 0.15) is 28.2 Å². The second kappa shape index (κ2) is 6.65. The number of methoxy groups -OCH3 is 1. The highest BCUT2D eigenvalue weighted by Gasteiger charge is 2.35. The van der Waals surface area contributed by atoms with Crippen molar-refractivity contribution in [1.29, 1.82) is 0 Å². The first-order valence-electron chi connectivity index (χ1n) is 8.26. The van der Waals surface area contributed by atoms with Gasteiger partial charge in [0.15, 0.2) is 0 Å². The first-order valence-corrected chi connectivity index (χ1v) is 9.14. The lowest BCUT2D eigenvalue weighted by atomic mass is 10.0. The highest BCUT2D eigenvalue weighted by Crippen LogP contribution is 2.50. The van der Waals surface area contributed by atoms with Crippen molar-refractivity contribution in [3.05, 3.63) is 77.6 Å². The number of halogens is 3. The summed E-state index contributed by atoms with van der Waals surface area (Å²) >= 11 is 1.35. The fraction of sp³-hybridized carbons (Fsp3) is 0.200. The van der Waals surface area contributed by atoms with E-state index in [2.05, 4.69) is 0 Å². The van der Waals surface area contributed by atoms with E-state index in [1.165, 1.54) is 17.8 Å². The molecule has 0 amide bonds. The van der Waals surface area contributed by atoms with Gasteiger partial charge in [-0.05, 0) is 48.0 Å². The lowest BCUT2D eigenvalue weighted by Gasteiger charge is -2.21. The summed E-state index contributed by atoms with van der Waals surface area (Å²) < 4.78 is 46.3. The smallest absolute Gasteiger partial charge is 0.416 e. The molecule has 2 heterocycles. The van der Waals surface area contributed by atoms with Crippen LogP contribution in [0, 0.1) is 0 Å². The summed E-state index contributed by atoms with van der Waals surface area (Å²) in [6, 6.07) is 14.5. The minimum absolute atomic E-state index is 0.359. The van der Waals surface area contributed by atoms with Gasteiger partial charge in [-0.25, -0.2) is 0 Å². The van der Waals surface area contributed by atoms with Crippen molar-refractivity contribution >= 4 is 11.8 Å². The summed E-state index contributed by atoms with van der Waals surface area (Å²) in [5, 5.41) is 10.6. The largest absolute Gasteiger partial charge is 0.497 e. The molecule has 0 unspecified atom stereocenters. The van der Waals surface area contributed by atoms with Crippen LogP contribution in [0.2, 0.25) is 0 Å². The van der Waals surface area contributed by atoms with Gasteiger partial charge in [-0.1, -0.05) is 12.1 Å². The van der Waals surface area contributed by atoms with Crippen LogP contribution in [0.5, 0.6) is 5.75 Å². The monoisotopic (exact) mass is 391 g/mol. The molecule has 1 aliphatic rings. The molecule has 1 aliphatic heterocycles. The molecule has 1 aromatic heterocycles. The molecule has 7 heteroatoms. The molecule has 0 bridgehead atoms. The predicted octanol–water partition coefficient (Wildman–Crippen LogP) is 5.39. The van der Waals surface area contributed by atoms with Crippen molar-refractivity contribution in [1.82, 2.24) is 4.57 Å². The summed E-state index contributed by atoms with van der Waals surface area (Å²) in [5.41, 5.74) is 1.14. The van der Waals surface area contributed by atoms with Crippen LogP contribution in [0.25, 0.3) is 5.69 Å². The Balaban J connectivity index is 1.84. The lowest BCUT2D eigenvalue weighted by molar-refractivity contribution is -0.137. The molecule has 0 saturated heterocycles. The van der Waals surface area contributed by atoms with Gasteiger partial charge >= 0.3 is 6.18 Å². The van der Waals surface area contributed by atoms with E-state index in [1.807, 2.05) is 12.1 Å². The van der Waals surface area contributed by atoms with Gasteiger partial charge in [0.25, 0.3) is 0 Å². The summed E-state index contributed by atoms with van der Waals surface area (Å²) in [4.78, 5) is 0.679. The number of ether oxygens (including phenoxy) is 1. The maximum absolute atomic E-state index is 13.2. The Bertz CT molecular complexity index is 966. The Morgan fingerprint density at radius 1 is 1.07 bits per heavy atom. The fourth-order valence-corrected chi connectivity index (χ4v) is 4.50. The van der Waals surface area contributed by atoms with E-state index in [-0.39, 0.29) is 5.25 Å². The van der Waals surface area contributed by atoms with Gasteiger partial charge in [-0.15, -0.1) is 11.8 Å². The van der Waals surface area contributed by atoms with Crippen LogP contribution >= 0.6 is 11.8 Å². The number of aliphatic hydroxyl groups is 1. The Hall–Kier alpha value is -2.38. The lowest BCUT2D eigenvalue weighted by Crippen LogP contribution is -2.10. The maximum atomic E-state index is 13.2. The SMILES string of the molecule is COc1ccc([C@H]2Sc3ccc(C(F)(F)F)cc3-n3cccc3[C@H]2O)cc1. The zero-order valence-corrected chi connectivity index (χ0v) is 15.1. The van der Waals surface area contributed by atoms with Crippen molar-refractivity contribution < 1.29 is 23.0 Å². The summed E-state index contributed by atoms with van der Waals surface area (Å²) in [6.07, 6.45) is -3.62. The molecule has 3 nitrogen and oxygen atoms in total. The van der Waals surface area contributed by atoms with E-state index in [0.717, 1.165) is 17.7 Å². The highest BCUT2D eigenvalue weighted by molar-refractivity contribution is 7.99. The van der Waals surface area contributed by atoms with Gasteiger partial charge in [0.05, 0.1) is 29.3 Å². The number of nitrogens with zero attached hydrogens (tertiary/aromatic N) is 1. The van der Waals surface area contributed by atoms with Crippen LogP contribution in [0.15, 0.2) is 65.7 Å². The minimum atomic E-state index is -4.42.